The summed E-state index contributed by atoms with van der Waals surface area (Å²) >= 11 is 0. The van der Waals surface area contributed by atoms with Gasteiger partial charge in [0, 0.05) is 11.6 Å². The summed E-state index contributed by atoms with van der Waals surface area (Å²) in [6.45, 7) is 6.91. The lowest BCUT2D eigenvalue weighted by molar-refractivity contribution is -0.135. The van der Waals surface area contributed by atoms with Gasteiger partial charge in [0.2, 0.25) is 5.91 Å². The summed E-state index contributed by atoms with van der Waals surface area (Å²) in [5.41, 5.74) is -2.05. The molecule has 28 heavy (non-hydrogen) atoms. The highest BCUT2D eigenvalue weighted by atomic mass is 19.1. The van der Waals surface area contributed by atoms with Crippen LogP contribution in [0.3, 0.4) is 0 Å². The number of carbonyl (C=O) groups is 3. The number of nitrogens with one attached hydrogen (secondary N) is 2. The number of benzene rings is 1. The molecule has 1 aliphatic heterocycles. The maximum absolute atomic E-state index is 14.1. The molecule has 6 nitrogen and oxygen atoms in total. The maximum atomic E-state index is 14.1. The second-order valence-corrected chi connectivity index (χ2v) is 7.86. The number of hydrogen-bond acceptors (Lipinski definition) is 3. The van der Waals surface area contributed by atoms with Crippen LogP contribution in [0.4, 0.5) is 13.6 Å². The van der Waals surface area contributed by atoms with Crippen LogP contribution in [0.25, 0.3) is 0 Å². The van der Waals surface area contributed by atoms with Gasteiger partial charge in [-0.05, 0) is 44.4 Å². The minimum Gasteiger partial charge on any atom is -0.352 e. The Kier molecular flexibility index (Phi) is 6.74. The summed E-state index contributed by atoms with van der Waals surface area (Å²) in [4.78, 5) is 37.9. The molecule has 1 saturated heterocycles. The third kappa shape index (κ3) is 4.85. The second-order valence-electron chi connectivity index (χ2n) is 7.86. The third-order valence-electron chi connectivity index (χ3n) is 4.87. The lowest BCUT2D eigenvalue weighted by Gasteiger charge is -2.23. The number of urea groups is 1. The number of nitrogens with zero attached hydrogens (tertiary/aromatic N) is 1. The van der Waals surface area contributed by atoms with Crippen LogP contribution >= 0.6 is 0 Å². The van der Waals surface area contributed by atoms with Gasteiger partial charge in [-0.2, -0.15) is 0 Å². The fourth-order valence-electron chi connectivity index (χ4n) is 3.27. The van der Waals surface area contributed by atoms with E-state index in [2.05, 4.69) is 24.5 Å². The van der Waals surface area contributed by atoms with Crippen LogP contribution in [0, 0.1) is 17.6 Å². The van der Waals surface area contributed by atoms with Gasteiger partial charge in [-0.15, -0.1) is 0 Å². The van der Waals surface area contributed by atoms with Crippen molar-refractivity contribution in [2.75, 3.05) is 6.54 Å². The molecule has 1 aromatic carbocycles. The molecule has 0 saturated carbocycles. The van der Waals surface area contributed by atoms with Crippen molar-refractivity contribution >= 4 is 17.8 Å². The SMILES string of the molecule is CC(C)CCC[C@@H](C)NC(=O)CN1C(=O)N[C@@](C)(c2cc(F)ccc2F)C1=O. The molecule has 2 atom stereocenters. The monoisotopic (exact) mass is 395 g/mol. The zero-order valence-corrected chi connectivity index (χ0v) is 16.6. The van der Waals surface area contributed by atoms with Gasteiger partial charge in [-0.1, -0.05) is 26.7 Å². The van der Waals surface area contributed by atoms with Gasteiger partial charge in [-0.3, -0.25) is 14.5 Å². The molecule has 1 fully saturated rings. The summed E-state index contributed by atoms with van der Waals surface area (Å²) in [6, 6.07) is 1.77. The number of hydrogen-bond donors (Lipinski definition) is 2. The van der Waals surface area contributed by atoms with E-state index in [9.17, 15) is 23.2 Å². The summed E-state index contributed by atoms with van der Waals surface area (Å²) in [6.07, 6.45) is 2.79. The van der Waals surface area contributed by atoms with Crippen molar-refractivity contribution in [1.82, 2.24) is 15.5 Å². The largest absolute Gasteiger partial charge is 0.352 e. The van der Waals surface area contributed by atoms with Gasteiger partial charge in [0.25, 0.3) is 5.91 Å². The predicted molar refractivity (Wildman–Crippen MR) is 100 cm³/mol. The van der Waals surface area contributed by atoms with Crippen LogP contribution < -0.4 is 10.6 Å². The Hall–Kier alpha value is -2.51. The summed E-state index contributed by atoms with van der Waals surface area (Å²) in [5.74, 6) is -2.25. The first kappa shape index (κ1) is 21.8. The molecule has 8 heteroatoms. The van der Waals surface area contributed by atoms with Gasteiger partial charge in [0.15, 0.2) is 0 Å². The van der Waals surface area contributed by atoms with Gasteiger partial charge in [-0.25, -0.2) is 13.6 Å². The first-order valence-corrected chi connectivity index (χ1v) is 9.43. The molecule has 0 bridgehead atoms. The molecule has 0 aliphatic carbocycles. The normalized spacial score (nSPS) is 20.5. The quantitative estimate of drug-likeness (QED) is 0.664. The van der Waals surface area contributed by atoms with Crippen molar-refractivity contribution in [1.29, 1.82) is 0 Å². The first-order valence-electron chi connectivity index (χ1n) is 9.43. The minimum atomic E-state index is -1.77. The van der Waals surface area contributed by atoms with E-state index in [-0.39, 0.29) is 11.6 Å². The first-order chi connectivity index (χ1) is 13.0. The van der Waals surface area contributed by atoms with E-state index >= 15 is 0 Å². The van der Waals surface area contributed by atoms with E-state index in [4.69, 9.17) is 0 Å². The molecule has 0 radical (unpaired) electrons. The predicted octanol–water partition coefficient (Wildman–Crippen LogP) is 3.06. The molecule has 154 valence electrons. The molecule has 1 aliphatic rings. The molecule has 2 N–H and O–H groups in total. The number of rotatable bonds is 8. The third-order valence-corrected chi connectivity index (χ3v) is 4.87. The summed E-state index contributed by atoms with van der Waals surface area (Å²) in [5, 5.41) is 5.13. The number of halogens is 2. The Bertz CT molecular complexity index is 769. The van der Waals surface area contributed by atoms with Gasteiger partial charge in [0.1, 0.15) is 23.7 Å². The van der Waals surface area contributed by atoms with E-state index < -0.39 is 41.6 Å². The van der Waals surface area contributed by atoms with Crippen LogP contribution in [0.15, 0.2) is 18.2 Å². The molecule has 1 aromatic rings. The lowest BCUT2D eigenvalue weighted by Crippen LogP contribution is -2.45. The van der Waals surface area contributed by atoms with Gasteiger partial charge < -0.3 is 10.6 Å². The molecule has 1 heterocycles. The Labute approximate surface area is 163 Å². The highest BCUT2D eigenvalue weighted by Crippen LogP contribution is 2.31. The Morgan fingerprint density at radius 1 is 1.21 bits per heavy atom. The number of carbonyl (C=O) groups excluding carboxylic acids is 3. The molecular weight excluding hydrogens is 368 g/mol. The Morgan fingerprint density at radius 2 is 1.89 bits per heavy atom. The van der Waals surface area contributed by atoms with Crippen LogP contribution in [-0.2, 0) is 15.1 Å². The van der Waals surface area contributed by atoms with E-state index in [1.165, 1.54) is 6.92 Å². The number of imide groups is 1. The molecule has 0 unspecified atom stereocenters. The summed E-state index contributed by atoms with van der Waals surface area (Å²) < 4.78 is 27.7. The van der Waals surface area contributed by atoms with Crippen molar-refractivity contribution in [3.8, 4) is 0 Å². The average molecular weight is 395 g/mol. The molecule has 0 spiro atoms. The van der Waals surface area contributed by atoms with Crippen LogP contribution in [0.2, 0.25) is 0 Å². The Balaban J connectivity index is 2.03. The van der Waals surface area contributed by atoms with Crippen LogP contribution in [-0.4, -0.2) is 35.3 Å². The lowest BCUT2D eigenvalue weighted by atomic mass is 9.91. The van der Waals surface area contributed by atoms with Crippen molar-refractivity contribution in [2.45, 2.75) is 58.5 Å². The Morgan fingerprint density at radius 3 is 2.54 bits per heavy atom. The second kappa shape index (κ2) is 8.67. The zero-order chi connectivity index (χ0) is 21.1. The fraction of sp³-hybridized carbons (Fsp3) is 0.550. The zero-order valence-electron chi connectivity index (χ0n) is 16.6. The number of amides is 4. The van der Waals surface area contributed by atoms with Crippen molar-refractivity contribution in [2.24, 2.45) is 5.92 Å². The average Bonchev–Trinajstić information content (AvgIpc) is 2.80. The van der Waals surface area contributed by atoms with Crippen molar-refractivity contribution in [3.63, 3.8) is 0 Å². The summed E-state index contributed by atoms with van der Waals surface area (Å²) in [7, 11) is 0. The molecule has 2 rings (SSSR count). The minimum absolute atomic E-state index is 0.0981. The van der Waals surface area contributed by atoms with E-state index in [1.54, 1.807) is 0 Å². The topological polar surface area (TPSA) is 78.5 Å². The van der Waals surface area contributed by atoms with Gasteiger partial charge in [0.05, 0.1) is 0 Å². The highest BCUT2D eigenvalue weighted by molar-refractivity contribution is 6.09. The van der Waals surface area contributed by atoms with E-state index in [0.29, 0.717) is 5.92 Å². The van der Waals surface area contributed by atoms with E-state index in [0.717, 1.165) is 42.4 Å². The molecular formula is C20H27F2N3O3. The smallest absolute Gasteiger partial charge is 0.325 e. The van der Waals surface area contributed by atoms with Gasteiger partial charge >= 0.3 is 6.03 Å². The van der Waals surface area contributed by atoms with Crippen LogP contribution in [0.1, 0.15) is 52.5 Å². The standard InChI is InChI=1S/C20H27F2N3O3/c1-12(2)6-5-7-13(3)23-17(26)11-25-18(27)20(4,24-19(25)28)15-10-14(21)8-9-16(15)22/h8-10,12-13H,5-7,11H2,1-4H3,(H,23,26)(H,24,28)/t13-,20+/m1/s1. The molecule has 4 amide bonds. The fourth-order valence-corrected chi connectivity index (χ4v) is 3.27. The highest BCUT2D eigenvalue weighted by Gasteiger charge is 2.50. The van der Waals surface area contributed by atoms with Crippen molar-refractivity contribution in [3.05, 3.63) is 35.4 Å². The van der Waals surface area contributed by atoms with Crippen LogP contribution in [0.5, 0.6) is 0 Å². The molecule has 0 aromatic heterocycles. The maximum Gasteiger partial charge on any atom is 0.325 e. The van der Waals surface area contributed by atoms with Crippen molar-refractivity contribution < 1.29 is 23.2 Å². The van der Waals surface area contributed by atoms with E-state index in [1.807, 2.05) is 6.92 Å².